The van der Waals surface area contributed by atoms with Gasteiger partial charge in [-0.1, -0.05) is 51.5 Å². The van der Waals surface area contributed by atoms with Crippen LogP contribution in [0, 0.1) is 35.3 Å². The Bertz CT molecular complexity index is 825. The van der Waals surface area contributed by atoms with Gasteiger partial charge in [-0.3, -0.25) is 4.79 Å². The number of hydrogen-bond donors (Lipinski definition) is 0. The molecule has 3 aliphatic rings. The molecule has 0 amide bonds. The zero-order valence-electron chi connectivity index (χ0n) is 21.7. The molecule has 0 spiro atoms. The van der Waals surface area contributed by atoms with Crippen LogP contribution < -0.4 is 4.74 Å². The number of unbranched alkanes of at least 4 members (excludes halogenated alkanes) is 2. The number of carbonyl (C=O) groups is 1. The summed E-state index contributed by atoms with van der Waals surface area (Å²) in [6.45, 7) is 4.32. The van der Waals surface area contributed by atoms with Gasteiger partial charge in [0, 0.05) is 0 Å². The zero-order chi connectivity index (χ0) is 24.8. The van der Waals surface area contributed by atoms with Crippen LogP contribution in [0.4, 0.5) is 8.78 Å². The summed E-state index contributed by atoms with van der Waals surface area (Å²) < 4.78 is 40.2. The van der Waals surface area contributed by atoms with Crippen molar-refractivity contribution in [3.63, 3.8) is 0 Å². The van der Waals surface area contributed by atoms with E-state index in [1.807, 2.05) is 0 Å². The van der Waals surface area contributed by atoms with Gasteiger partial charge in [0.1, 0.15) is 6.10 Å². The van der Waals surface area contributed by atoms with Crippen LogP contribution >= 0.6 is 0 Å². The molecule has 196 valence electrons. The van der Waals surface area contributed by atoms with Crippen LogP contribution in [0.1, 0.15) is 115 Å². The van der Waals surface area contributed by atoms with Crippen molar-refractivity contribution < 1.29 is 23.0 Å². The Balaban J connectivity index is 1.24. The number of benzene rings is 1. The van der Waals surface area contributed by atoms with Crippen molar-refractivity contribution in [3.8, 4) is 5.75 Å². The molecule has 2 aliphatic carbocycles. The maximum Gasteiger partial charge on any atom is 0.309 e. The minimum atomic E-state index is -0.886. The van der Waals surface area contributed by atoms with Gasteiger partial charge in [0.05, 0.1) is 12.5 Å². The number of halogens is 2. The highest BCUT2D eigenvalue weighted by molar-refractivity contribution is 5.73. The molecule has 1 aliphatic heterocycles. The van der Waals surface area contributed by atoms with Crippen LogP contribution in [0.5, 0.6) is 5.75 Å². The quantitative estimate of drug-likeness (QED) is 0.258. The predicted molar refractivity (Wildman–Crippen MR) is 134 cm³/mol. The summed E-state index contributed by atoms with van der Waals surface area (Å²) in [7, 11) is 0. The molecule has 35 heavy (non-hydrogen) atoms. The van der Waals surface area contributed by atoms with Crippen molar-refractivity contribution in [3.05, 3.63) is 29.3 Å². The predicted octanol–water partition coefficient (Wildman–Crippen LogP) is 8.35. The van der Waals surface area contributed by atoms with Crippen molar-refractivity contribution in [2.45, 2.75) is 116 Å². The first-order valence-electron chi connectivity index (χ1n) is 14.3. The molecule has 3 fully saturated rings. The topological polar surface area (TPSA) is 35.5 Å². The second-order valence-electron chi connectivity index (χ2n) is 11.3. The summed E-state index contributed by atoms with van der Waals surface area (Å²) in [6, 6.07) is 3.22. The molecule has 2 atom stereocenters. The molecule has 0 bridgehead atoms. The van der Waals surface area contributed by atoms with Gasteiger partial charge in [0.25, 0.3) is 0 Å². The van der Waals surface area contributed by atoms with E-state index in [4.69, 9.17) is 9.47 Å². The summed E-state index contributed by atoms with van der Waals surface area (Å²) in [5.41, 5.74) is 0.445. The molecule has 0 N–H and O–H groups in total. The lowest BCUT2D eigenvalue weighted by Crippen LogP contribution is -2.40. The molecule has 3 nitrogen and oxygen atoms in total. The molecule has 4 rings (SSSR count). The van der Waals surface area contributed by atoms with E-state index in [2.05, 4.69) is 6.92 Å². The van der Waals surface area contributed by atoms with Crippen molar-refractivity contribution in [1.82, 2.24) is 0 Å². The van der Waals surface area contributed by atoms with Crippen molar-refractivity contribution in [2.75, 3.05) is 6.61 Å². The summed E-state index contributed by atoms with van der Waals surface area (Å²) in [5.74, 6) is -0.0209. The molecule has 1 heterocycles. The third-order valence-electron chi connectivity index (χ3n) is 9.12. The SMILES string of the molecule is CCCCCC1CCC([C@@H]2CC[C@@H](C3CCC(c4ccc(OCC)c(F)c4F)CC3)C(=O)O2)CC1. The number of ether oxygens (including phenoxy) is 2. The van der Waals surface area contributed by atoms with Crippen LogP contribution in [-0.2, 0) is 9.53 Å². The van der Waals surface area contributed by atoms with E-state index in [1.165, 1.54) is 51.4 Å². The molecule has 1 aromatic rings. The lowest BCUT2D eigenvalue weighted by Gasteiger charge is -2.40. The second-order valence-corrected chi connectivity index (χ2v) is 11.3. The molecule has 1 aromatic carbocycles. The first-order valence-corrected chi connectivity index (χ1v) is 14.3. The molecule has 0 unspecified atom stereocenters. The van der Waals surface area contributed by atoms with E-state index < -0.39 is 11.6 Å². The van der Waals surface area contributed by atoms with Crippen molar-refractivity contribution in [2.24, 2.45) is 23.7 Å². The van der Waals surface area contributed by atoms with Crippen LogP contribution in [-0.4, -0.2) is 18.7 Å². The average molecular weight is 491 g/mol. The lowest BCUT2D eigenvalue weighted by molar-refractivity contribution is -0.168. The molecule has 2 saturated carbocycles. The Morgan fingerprint density at radius 2 is 1.57 bits per heavy atom. The number of hydrogen-bond acceptors (Lipinski definition) is 3. The van der Waals surface area contributed by atoms with Gasteiger partial charge in [-0.2, -0.15) is 4.39 Å². The van der Waals surface area contributed by atoms with Gasteiger partial charge in [-0.15, -0.1) is 0 Å². The fourth-order valence-electron chi connectivity index (χ4n) is 7.01. The van der Waals surface area contributed by atoms with Gasteiger partial charge < -0.3 is 9.47 Å². The lowest BCUT2D eigenvalue weighted by atomic mass is 9.70. The summed E-state index contributed by atoms with van der Waals surface area (Å²) in [6.07, 6.45) is 15.6. The van der Waals surface area contributed by atoms with Crippen molar-refractivity contribution in [1.29, 1.82) is 0 Å². The normalized spacial score (nSPS) is 31.7. The van der Waals surface area contributed by atoms with Crippen LogP contribution in [0.25, 0.3) is 0 Å². The van der Waals surface area contributed by atoms with Gasteiger partial charge in [-0.05, 0) is 93.6 Å². The molecule has 0 aromatic heterocycles. The highest BCUT2D eigenvalue weighted by Gasteiger charge is 2.41. The Hall–Kier alpha value is -1.65. The van der Waals surface area contributed by atoms with E-state index in [0.29, 0.717) is 24.0 Å². The Kier molecular flexibility index (Phi) is 9.46. The number of cyclic esters (lactones) is 1. The zero-order valence-corrected chi connectivity index (χ0v) is 21.7. The molecule has 0 radical (unpaired) electrons. The van der Waals surface area contributed by atoms with Gasteiger partial charge in [0.2, 0.25) is 5.82 Å². The third-order valence-corrected chi connectivity index (χ3v) is 9.12. The Morgan fingerprint density at radius 3 is 2.23 bits per heavy atom. The molecule has 5 heteroatoms. The number of esters is 1. The van der Waals surface area contributed by atoms with E-state index >= 15 is 0 Å². The fourth-order valence-corrected chi connectivity index (χ4v) is 7.01. The van der Waals surface area contributed by atoms with E-state index in [-0.39, 0.29) is 29.7 Å². The Labute approximate surface area is 210 Å². The minimum absolute atomic E-state index is 0.00343. The van der Waals surface area contributed by atoms with Crippen LogP contribution in [0.3, 0.4) is 0 Å². The molecular weight excluding hydrogens is 446 g/mol. The van der Waals surface area contributed by atoms with Gasteiger partial charge >= 0.3 is 5.97 Å². The third kappa shape index (κ3) is 6.38. The molecular formula is C30H44F2O3. The minimum Gasteiger partial charge on any atom is -0.491 e. The largest absolute Gasteiger partial charge is 0.491 e. The first-order chi connectivity index (χ1) is 17.0. The molecule has 1 saturated heterocycles. The fraction of sp³-hybridized carbons (Fsp3) is 0.767. The highest BCUT2D eigenvalue weighted by Crippen LogP contribution is 2.45. The van der Waals surface area contributed by atoms with E-state index in [9.17, 15) is 13.6 Å². The maximum atomic E-state index is 14.7. The summed E-state index contributed by atoms with van der Waals surface area (Å²) >= 11 is 0. The number of carbonyl (C=O) groups excluding carboxylic acids is 1. The van der Waals surface area contributed by atoms with Crippen LogP contribution in [0.15, 0.2) is 12.1 Å². The average Bonchev–Trinajstić information content (AvgIpc) is 2.88. The monoisotopic (exact) mass is 490 g/mol. The Morgan fingerprint density at radius 1 is 0.857 bits per heavy atom. The summed E-state index contributed by atoms with van der Waals surface area (Å²) in [4.78, 5) is 13.0. The summed E-state index contributed by atoms with van der Waals surface area (Å²) in [5, 5.41) is 0. The highest BCUT2D eigenvalue weighted by atomic mass is 19.2. The van der Waals surface area contributed by atoms with Gasteiger partial charge in [0.15, 0.2) is 11.6 Å². The number of rotatable bonds is 9. The van der Waals surface area contributed by atoms with Gasteiger partial charge in [-0.25, -0.2) is 4.39 Å². The smallest absolute Gasteiger partial charge is 0.309 e. The maximum absolute atomic E-state index is 14.7. The first kappa shape index (κ1) is 26.4. The van der Waals surface area contributed by atoms with E-state index in [1.54, 1.807) is 19.1 Å². The van der Waals surface area contributed by atoms with Crippen LogP contribution in [0.2, 0.25) is 0 Å². The van der Waals surface area contributed by atoms with Crippen molar-refractivity contribution >= 4 is 5.97 Å². The standard InChI is InChI=1S/C30H44F2O3/c1-3-5-6-7-20-8-10-23(11-9-20)26-18-17-25(30(33)35-26)22-14-12-21(13-15-22)24-16-19-27(34-4-2)29(32)28(24)31/h16,19-23,25-26H,3-15,17-18H2,1-2H3/t20?,21?,22?,23?,25-,26-/m0/s1. The second kappa shape index (κ2) is 12.5. The van der Waals surface area contributed by atoms with E-state index in [0.717, 1.165) is 44.4 Å².